The van der Waals surface area contributed by atoms with E-state index in [9.17, 15) is 14.0 Å². The highest BCUT2D eigenvalue weighted by atomic mass is 32.1. The minimum absolute atomic E-state index is 0.0559. The average Bonchev–Trinajstić information content (AvgIpc) is 3.28. The number of carbonyl (C=O) groups excluding carboxylic acids is 2. The van der Waals surface area contributed by atoms with Crippen LogP contribution in [0.25, 0.3) is 0 Å². The van der Waals surface area contributed by atoms with E-state index >= 15 is 0 Å². The molecule has 33 heavy (non-hydrogen) atoms. The maximum Gasteiger partial charge on any atom is 0.257 e. The number of hydrogen-bond donors (Lipinski definition) is 1. The molecule has 0 unspecified atom stereocenters. The molecule has 2 aromatic carbocycles. The fraction of sp³-hybridized carbons (Fsp3) is 0.292. The minimum Gasteiger partial charge on any atom is -0.493 e. The van der Waals surface area contributed by atoms with Crippen LogP contribution in [0.4, 0.5) is 9.52 Å². The quantitative estimate of drug-likeness (QED) is 0.564. The highest BCUT2D eigenvalue weighted by molar-refractivity contribution is 7.14. The molecule has 0 fully saturated rings. The van der Waals surface area contributed by atoms with E-state index in [1.165, 1.54) is 35.6 Å². The van der Waals surface area contributed by atoms with Gasteiger partial charge in [0, 0.05) is 30.5 Å². The molecule has 1 aliphatic rings. The maximum absolute atomic E-state index is 13.0. The summed E-state index contributed by atoms with van der Waals surface area (Å²) < 4.78 is 23.8. The van der Waals surface area contributed by atoms with Crippen molar-refractivity contribution < 1.29 is 23.5 Å². The van der Waals surface area contributed by atoms with Crippen LogP contribution in [-0.4, -0.2) is 42.5 Å². The number of fused-ring (bicyclic) bond motifs is 1. The second-order valence-corrected chi connectivity index (χ2v) is 8.50. The van der Waals surface area contributed by atoms with E-state index in [2.05, 4.69) is 10.3 Å². The Labute approximate surface area is 195 Å². The van der Waals surface area contributed by atoms with Crippen molar-refractivity contribution in [1.29, 1.82) is 0 Å². The molecule has 9 heteroatoms. The van der Waals surface area contributed by atoms with Crippen molar-refractivity contribution in [3.05, 3.63) is 70.0 Å². The third kappa shape index (κ3) is 5.31. The van der Waals surface area contributed by atoms with Gasteiger partial charge >= 0.3 is 0 Å². The smallest absolute Gasteiger partial charge is 0.257 e. The van der Waals surface area contributed by atoms with Gasteiger partial charge in [-0.1, -0.05) is 0 Å². The van der Waals surface area contributed by atoms with Gasteiger partial charge in [0.2, 0.25) is 5.91 Å². The summed E-state index contributed by atoms with van der Waals surface area (Å²) in [7, 11) is 3.21. The van der Waals surface area contributed by atoms with Crippen LogP contribution < -0.4 is 14.8 Å². The van der Waals surface area contributed by atoms with Crippen LogP contribution in [0.15, 0.2) is 41.8 Å². The number of ether oxygens (including phenoxy) is 2. The number of methoxy groups -OCH3 is 2. The molecule has 0 aliphatic carbocycles. The summed E-state index contributed by atoms with van der Waals surface area (Å²) in [6.07, 6.45) is 1.58. The van der Waals surface area contributed by atoms with E-state index in [-0.39, 0.29) is 11.8 Å². The van der Waals surface area contributed by atoms with E-state index in [0.717, 1.165) is 23.2 Å². The fourth-order valence-electron chi connectivity index (χ4n) is 3.74. The molecule has 1 N–H and O–H groups in total. The highest BCUT2D eigenvalue weighted by Crippen LogP contribution is 2.33. The fourth-order valence-corrected chi connectivity index (χ4v) is 4.48. The number of aryl methyl sites for hydroxylation is 1. The second-order valence-electron chi connectivity index (χ2n) is 7.65. The molecule has 2 amide bonds. The lowest BCUT2D eigenvalue weighted by Crippen LogP contribution is -2.36. The minimum atomic E-state index is -0.399. The molecule has 4 rings (SSSR count). The summed E-state index contributed by atoms with van der Waals surface area (Å²) in [4.78, 5) is 31.3. The molecule has 7 nitrogen and oxygen atoms in total. The van der Waals surface area contributed by atoms with Crippen molar-refractivity contribution in [2.45, 2.75) is 25.8 Å². The number of amides is 2. The Hall–Kier alpha value is -3.46. The summed E-state index contributed by atoms with van der Waals surface area (Å²) in [5.74, 6) is 0.653. The molecule has 0 radical (unpaired) electrons. The van der Waals surface area contributed by atoms with E-state index in [0.29, 0.717) is 48.1 Å². The largest absolute Gasteiger partial charge is 0.493 e. The first-order valence-electron chi connectivity index (χ1n) is 10.5. The van der Waals surface area contributed by atoms with E-state index < -0.39 is 5.82 Å². The molecule has 0 atom stereocenters. The van der Waals surface area contributed by atoms with Crippen LogP contribution >= 0.6 is 11.3 Å². The molecule has 3 aromatic rings. The summed E-state index contributed by atoms with van der Waals surface area (Å²) in [6.45, 7) is 1.18. The number of hydrogen-bond acceptors (Lipinski definition) is 6. The van der Waals surface area contributed by atoms with Crippen molar-refractivity contribution in [2.75, 3.05) is 26.1 Å². The predicted molar refractivity (Wildman–Crippen MR) is 123 cm³/mol. The van der Waals surface area contributed by atoms with Crippen LogP contribution in [0.2, 0.25) is 0 Å². The third-order valence-corrected chi connectivity index (χ3v) is 6.35. The number of rotatable bonds is 7. The Balaban J connectivity index is 1.32. The van der Waals surface area contributed by atoms with E-state index in [1.54, 1.807) is 14.2 Å². The molecule has 0 spiro atoms. The Morgan fingerprint density at radius 2 is 1.82 bits per heavy atom. The Morgan fingerprint density at radius 1 is 1.12 bits per heavy atom. The summed E-state index contributed by atoms with van der Waals surface area (Å²) in [6, 6.07) is 9.22. The predicted octanol–water partition coefficient (Wildman–Crippen LogP) is 4.07. The molecular formula is C24H24FN3O4S. The van der Waals surface area contributed by atoms with Crippen LogP contribution in [0.1, 0.15) is 33.6 Å². The number of nitrogens with one attached hydrogen (secondary N) is 1. The topological polar surface area (TPSA) is 80.8 Å². The lowest BCUT2D eigenvalue weighted by Gasteiger charge is -2.29. The van der Waals surface area contributed by atoms with Gasteiger partial charge in [-0.15, -0.1) is 11.3 Å². The van der Waals surface area contributed by atoms with Gasteiger partial charge in [0.15, 0.2) is 16.6 Å². The van der Waals surface area contributed by atoms with Gasteiger partial charge in [-0.2, -0.15) is 0 Å². The van der Waals surface area contributed by atoms with Crippen LogP contribution in [0.5, 0.6) is 11.5 Å². The lowest BCUT2D eigenvalue weighted by molar-refractivity contribution is -0.132. The molecule has 0 saturated carbocycles. The standard InChI is InChI=1S/C24H24FN3O4S/c1-31-20-11-16-9-10-28(13-17(16)12-21(20)32-2)22(29)8-7-19-14-33-24(26-19)27-23(30)15-3-5-18(25)6-4-15/h3-6,11-12,14H,7-10,13H2,1-2H3,(H,26,27,30). The van der Waals surface area contributed by atoms with Gasteiger partial charge in [0.1, 0.15) is 5.82 Å². The summed E-state index contributed by atoms with van der Waals surface area (Å²) in [5, 5.41) is 4.98. The normalized spacial score (nSPS) is 12.8. The van der Waals surface area contributed by atoms with Gasteiger partial charge < -0.3 is 14.4 Å². The first-order valence-corrected chi connectivity index (χ1v) is 11.4. The first kappa shape index (κ1) is 22.7. The number of thiazole rings is 1. The van der Waals surface area contributed by atoms with Crippen molar-refractivity contribution >= 4 is 28.3 Å². The van der Waals surface area contributed by atoms with Crippen LogP contribution in [0, 0.1) is 5.82 Å². The van der Waals surface area contributed by atoms with Crippen molar-refractivity contribution in [3.63, 3.8) is 0 Å². The van der Waals surface area contributed by atoms with E-state index in [1.807, 2.05) is 22.4 Å². The molecule has 1 aliphatic heterocycles. The zero-order valence-electron chi connectivity index (χ0n) is 18.4. The molecular weight excluding hydrogens is 445 g/mol. The Bertz CT molecular complexity index is 1160. The van der Waals surface area contributed by atoms with Gasteiger partial charge in [0.05, 0.1) is 19.9 Å². The molecule has 2 heterocycles. The Kier molecular flexibility index (Phi) is 6.88. The van der Waals surface area contributed by atoms with Gasteiger partial charge in [0.25, 0.3) is 5.91 Å². The molecule has 172 valence electrons. The van der Waals surface area contributed by atoms with Crippen molar-refractivity contribution in [1.82, 2.24) is 9.88 Å². The first-order chi connectivity index (χ1) is 16.0. The highest BCUT2D eigenvalue weighted by Gasteiger charge is 2.23. The van der Waals surface area contributed by atoms with Gasteiger partial charge in [-0.25, -0.2) is 9.37 Å². The zero-order chi connectivity index (χ0) is 23.4. The Morgan fingerprint density at radius 3 is 2.52 bits per heavy atom. The zero-order valence-corrected chi connectivity index (χ0v) is 19.2. The van der Waals surface area contributed by atoms with Gasteiger partial charge in [-0.05, 0) is 60.4 Å². The number of carbonyl (C=O) groups is 2. The molecule has 0 bridgehead atoms. The second kappa shape index (κ2) is 9.99. The summed E-state index contributed by atoms with van der Waals surface area (Å²) >= 11 is 1.29. The van der Waals surface area contributed by atoms with Crippen molar-refractivity contribution in [3.8, 4) is 11.5 Å². The average molecular weight is 470 g/mol. The number of aromatic nitrogens is 1. The number of benzene rings is 2. The maximum atomic E-state index is 13.0. The molecule has 1 aromatic heterocycles. The molecule has 0 saturated heterocycles. The van der Waals surface area contributed by atoms with Gasteiger partial charge in [-0.3, -0.25) is 14.9 Å². The van der Waals surface area contributed by atoms with E-state index in [4.69, 9.17) is 9.47 Å². The number of nitrogens with zero attached hydrogens (tertiary/aromatic N) is 2. The van der Waals surface area contributed by atoms with Crippen LogP contribution in [0.3, 0.4) is 0 Å². The lowest BCUT2D eigenvalue weighted by atomic mass is 9.98. The number of halogens is 1. The third-order valence-electron chi connectivity index (χ3n) is 5.54. The van der Waals surface area contributed by atoms with Crippen LogP contribution in [-0.2, 0) is 24.2 Å². The summed E-state index contributed by atoms with van der Waals surface area (Å²) in [5.41, 5.74) is 3.32. The SMILES string of the molecule is COc1cc2c(cc1OC)CN(C(=O)CCc1csc(NC(=O)c3ccc(F)cc3)n1)CC2. The van der Waals surface area contributed by atoms with Crippen molar-refractivity contribution in [2.24, 2.45) is 0 Å². The number of anilines is 1. The monoisotopic (exact) mass is 469 g/mol.